The van der Waals surface area contributed by atoms with Crippen LogP contribution in [0.1, 0.15) is 21.5 Å². The minimum atomic E-state index is -4.09. The lowest BCUT2D eigenvalue weighted by Gasteiger charge is -2.11. The lowest BCUT2D eigenvalue weighted by atomic mass is 10.1. The Morgan fingerprint density at radius 3 is 2.42 bits per heavy atom. The van der Waals surface area contributed by atoms with Crippen LogP contribution in [0, 0.1) is 19.7 Å². The number of ether oxygens (including phenoxy) is 1. The number of amides is 1. The van der Waals surface area contributed by atoms with Gasteiger partial charge in [0.25, 0.3) is 15.9 Å². The first-order valence-corrected chi connectivity index (χ1v) is 13.0. The zero-order valence-corrected chi connectivity index (χ0v) is 21.2. The van der Waals surface area contributed by atoms with E-state index in [2.05, 4.69) is 9.71 Å². The number of nitrogens with zero attached hydrogens (tertiary/aromatic N) is 2. The fourth-order valence-electron chi connectivity index (χ4n) is 3.48. The Kier molecular flexibility index (Phi) is 7.04. The van der Waals surface area contributed by atoms with Crippen LogP contribution in [0.5, 0.6) is 0 Å². The van der Waals surface area contributed by atoms with Crippen molar-refractivity contribution in [2.45, 2.75) is 25.3 Å². The molecule has 1 amide bonds. The number of carbonyl (C=O) groups excluding carboxylic acids is 2. The molecule has 1 aromatic heterocycles. The molecule has 3 aromatic carbocycles. The van der Waals surface area contributed by atoms with Gasteiger partial charge in [0.05, 0.1) is 33.5 Å². The number of nitrogens with one attached hydrogen (secondary N) is 1. The highest BCUT2D eigenvalue weighted by molar-refractivity contribution is 7.92. The summed E-state index contributed by atoms with van der Waals surface area (Å²) in [6, 6.07) is 14.2. The van der Waals surface area contributed by atoms with Crippen LogP contribution in [-0.2, 0) is 26.1 Å². The summed E-state index contributed by atoms with van der Waals surface area (Å²) in [5, 5.41) is 0. The third-order valence-electron chi connectivity index (χ3n) is 5.54. The molecule has 0 radical (unpaired) electrons. The number of thiazole rings is 1. The summed E-state index contributed by atoms with van der Waals surface area (Å²) in [6.07, 6.45) is 0. The van der Waals surface area contributed by atoms with Gasteiger partial charge in [-0.15, -0.1) is 0 Å². The van der Waals surface area contributed by atoms with E-state index in [0.29, 0.717) is 0 Å². The summed E-state index contributed by atoms with van der Waals surface area (Å²) >= 11 is 1.23. The number of methoxy groups -OCH3 is 1. The van der Waals surface area contributed by atoms with Crippen molar-refractivity contribution in [3.8, 4) is 0 Å². The minimum Gasteiger partial charge on any atom is -0.468 e. The highest BCUT2D eigenvalue weighted by atomic mass is 32.2. The molecule has 4 aromatic rings. The number of aromatic nitrogens is 1. The number of aryl methyl sites for hydroxylation is 2. The predicted molar refractivity (Wildman–Crippen MR) is 135 cm³/mol. The first-order valence-electron chi connectivity index (χ1n) is 10.7. The van der Waals surface area contributed by atoms with Crippen molar-refractivity contribution < 1.29 is 27.1 Å². The molecule has 0 aliphatic rings. The van der Waals surface area contributed by atoms with Gasteiger partial charge in [0.15, 0.2) is 4.80 Å². The molecule has 0 fully saturated rings. The molecule has 0 spiro atoms. The molecule has 0 saturated carbocycles. The maximum Gasteiger partial charge on any atom is 0.325 e. The van der Waals surface area contributed by atoms with Crippen molar-refractivity contribution in [2.24, 2.45) is 4.99 Å². The molecular formula is C25H22FN3O5S2. The normalized spacial score (nSPS) is 12.1. The van der Waals surface area contributed by atoms with Gasteiger partial charge >= 0.3 is 5.97 Å². The van der Waals surface area contributed by atoms with Crippen LogP contribution in [0.3, 0.4) is 0 Å². The Balaban J connectivity index is 1.78. The number of rotatable bonds is 6. The second-order valence-electron chi connectivity index (χ2n) is 7.97. The van der Waals surface area contributed by atoms with Crippen LogP contribution in [0.25, 0.3) is 10.2 Å². The van der Waals surface area contributed by atoms with Gasteiger partial charge in [0.2, 0.25) is 0 Å². The first kappa shape index (κ1) is 25.3. The van der Waals surface area contributed by atoms with E-state index < -0.39 is 27.7 Å². The molecule has 0 saturated heterocycles. The number of hydrogen-bond donors (Lipinski definition) is 1. The van der Waals surface area contributed by atoms with E-state index in [1.165, 1.54) is 30.6 Å². The fourth-order valence-corrected chi connectivity index (χ4v) is 5.66. The van der Waals surface area contributed by atoms with Gasteiger partial charge in [-0.1, -0.05) is 23.5 Å². The number of anilines is 1. The maximum atomic E-state index is 13.2. The lowest BCUT2D eigenvalue weighted by Crippen LogP contribution is -2.23. The molecule has 0 bridgehead atoms. The van der Waals surface area contributed by atoms with Crippen LogP contribution in [0.15, 0.2) is 70.6 Å². The third kappa shape index (κ3) is 5.21. The van der Waals surface area contributed by atoms with Crippen molar-refractivity contribution in [3.63, 3.8) is 0 Å². The van der Waals surface area contributed by atoms with E-state index in [0.717, 1.165) is 45.6 Å². The number of sulfonamides is 1. The summed E-state index contributed by atoms with van der Waals surface area (Å²) in [5.41, 5.74) is 2.82. The molecule has 0 aliphatic heterocycles. The molecule has 0 unspecified atom stereocenters. The lowest BCUT2D eigenvalue weighted by molar-refractivity contribution is -0.141. The summed E-state index contributed by atoms with van der Waals surface area (Å²) in [6.45, 7) is 3.76. The molecule has 8 nitrogen and oxygen atoms in total. The van der Waals surface area contributed by atoms with Gasteiger partial charge in [-0.3, -0.25) is 14.3 Å². The van der Waals surface area contributed by atoms with Crippen molar-refractivity contribution in [1.82, 2.24) is 4.57 Å². The number of halogens is 1. The third-order valence-corrected chi connectivity index (χ3v) is 7.96. The van der Waals surface area contributed by atoms with E-state index in [1.807, 2.05) is 26.0 Å². The zero-order valence-electron chi connectivity index (χ0n) is 19.6. The van der Waals surface area contributed by atoms with E-state index in [4.69, 9.17) is 4.74 Å². The van der Waals surface area contributed by atoms with E-state index in [1.54, 1.807) is 16.7 Å². The van der Waals surface area contributed by atoms with Crippen molar-refractivity contribution in [1.29, 1.82) is 0 Å². The smallest absolute Gasteiger partial charge is 0.325 e. The van der Waals surface area contributed by atoms with E-state index in [9.17, 15) is 22.4 Å². The highest BCUT2D eigenvalue weighted by Crippen LogP contribution is 2.24. The molecule has 186 valence electrons. The van der Waals surface area contributed by atoms with Crippen LogP contribution in [0.2, 0.25) is 0 Å². The summed E-state index contributed by atoms with van der Waals surface area (Å²) < 4.78 is 48.5. The van der Waals surface area contributed by atoms with Crippen molar-refractivity contribution in [2.75, 3.05) is 11.8 Å². The highest BCUT2D eigenvalue weighted by Gasteiger charge is 2.19. The number of carbonyl (C=O) groups is 2. The average molecular weight is 528 g/mol. The standard InChI is InChI=1S/C25H22FN3O5S2/c1-15-12-21-22(13-16(15)2)35-25(29(21)14-23(30)34-3)27-24(31)19-6-4-5-7-20(19)28-36(32,33)18-10-8-17(26)9-11-18/h4-13,28H,14H2,1-3H3. The SMILES string of the molecule is COC(=O)Cn1c(=NC(=O)c2ccccc2NS(=O)(=O)c2ccc(F)cc2)sc2cc(C)c(C)cc21. The monoisotopic (exact) mass is 527 g/mol. The number of hydrogen-bond acceptors (Lipinski definition) is 6. The van der Waals surface area contributed by atoms with Gasteiger partial charge in [0, 0.05) is 0 Å². The number of fused-ring (bicyclic) bond motifs is 1. The van der Waals surface area contributed by atoms with Crippen molar-refractivity contribution >= 4 is 49.1 Å². The Morgan fingerprint density at radius 2 is 1.72 bits per heavy atom. The van der Waals surface area contributed by atoms with Crippen molar-refractivity contribution in [3.05, 3.63) is 88.0 Å². The summed E-state index contributed by atoms with van der Waals surface area (Å²) in [5.74, 6) is -1.78. The predicted octanol–water partition coefficient (Wildman–Crippen LogP) is 4.17. The van der Waals surface area contributed by atoms with Gasteiger partial charge < -0.3 is 9.30 Å². The van der Waals surface area contributed by atoms with E-state index >= 15 is 0 Å². The largest absolute Gasteiger partial charge is 0.468 e. The number of esters is 1. The van der Waals surface area contributed by atoms with Gasteiger partial charge in [-0.25, -0.2) is 12.8 Å². The van der Waals surface area contributed by atoms with E-state index in [-0.39, 0.29) is 27.5 Å². The molecule has 4 rings (SSSR count). The quantitative estimate of drug-likeness (QED) is 0.379. The fraction of sp³-hybridized carbons (Fsp3) is 0.160. The van der Waals surface area contributed by atoms with Gasteiger partial charge in [0.1, 0.15) is 12.4 Å². The van der Waals surface area contributed by atoms with Gasteiger partial charge in [-0.05, 0) is 73.5 Å². The second kappa shape index (κ2) is 10.0. The minimum absolute atomic E-state index is 0.0117. The molecule has 36 heavy (non-hydrogen) atoms. The number of benzene rings is 3. The Bertz CT molecular complexity index is 1660. The Labute approximate surface area is 210 Å². The molecule has 0 atom stereocenters. The topological polar surface area (TPSA) is 107 Å². The average Bonchev–Trinajstić information content (AvgIpc) is 3.14. The molecule has 0 aliphatic carbocycles. The molecular weight excluding hydrogens is 505 g/mol. The van der Waals surface area contributed by atoms with Crippen LogP contribution in [0.4, 0.5) is 10.1 Å². The van der Waals surface area contributed by atoms with Crippen LogP contribution in [-0.4, -0.2) is 32.0 Å². The second-order valence-corrected chi connectivity index (χ2v) is 10.7. The van der Waals surface area contributed by atoms with Crippen LogP contribution < -0.4 is 9.52 Å². The first-order chi connectivity index (χ1) is 17.1. The summed E-state index contributed by atoms with van der Waals surface area (Å²) in [4.78, 5) is 29.7. The molecule has 11 heteroatoms. The molecule has 1 N–H and O–H groups in total. The number of para-hydroxylation sites is 1. The summed E-state index contributed by atoms with van der Waals surface area (Å²) in [7, 11) is -2.81. The Morgan fingerprint density at radius 1 is 1.06 bits per heavy atom. The van der Waals surface area contributed by atoms with Gasteiger partial charge in [-0.2, -0.15) is 4.99 Å². The maximum absolute atomic E-state index is 13.2. The van der Waals surface area contributed by atoms with Crippen LogP contribution >= 0.6 is 11.3 Å². The Hall–Kier alpha value is -3.83. The zero-order chi connectivity index (χ0) is 26.0. The molecule has 1 heterocycles.